The molecule has 2 unspecified atom stereocenters. The summed E-state index contributed by atoms with van der Waals surface area (Å²) in [4.78, 5) is 9.32. The van der Waals surface area contributed by atoms with Crippen molar-refractivity contribution in [1.29, 1.82) is 0 Å². The maximum absolute atomic E-state index is 13.4. The van der Waals surface area contributed by atoms with Gasteiger partial charge in [-0.05, 0) is 44.0 Å². The molecule has 3 rings (SSSR count). The molecule has 5 nitrogen and oxygen atoms in total. The van der Waals surface area contributed by atoms with Crippen LogP contribution in [0, 0.1) is 5.82 Å². The summed E-state index contributed by atoms with van der Waals surface area (Å²) in [6.45, 7) is 7.11. The van der Waals surface area contributed by atoms with E-state index in [9.17, 15) is 4.39 Å². The molecule has 2 aliphatic rings. The van der Waals surface area contributed by atoms with E-state index in [0.717, 1.165) is 31.2 Å². The molecule has 26 heavy (non-hydrogen) atoms. The first-order valence-corrected chi connectivity index (χ1v) is 9.25. The molecule has 0 spiro atoms. The third-order valence-electron chi connectivity index (χ3n) is 4.91. The van der Waals surface area contributed by atoms with Crippen LogP contribution in [0.1, 0.15) is 25.3 Å². The Bertz CT molecular complexity index is 601. The first-order chi connectivity index (χ1) is 12.2. The third-order valence-corrected chi connectivity index (χ3v) is 4.91. The Kier molecular flexibility index (Phi) is 8.56. The van der Waals surface area contributed by atoms with E-state index >= 15 is 0 Å². The zero-order valence-corrected chi connectivity index (χ0v) is 18.0. The molecule has 0 bridgehead atoms. The maximum Gasteiger partial charge on any atom is 0.194 e. The van der Waals surface area contributed by atoms with E-state index in [1.165, 1.54) is 25.5 Å². The fraction of sp³-hybridized carbons (Fsp3) is 0.632. The average Bonchev–Trinajstić information content (AvgIpc) is 3.06. The summed E-state index contributed by atoms with van der Waals surface area (Å²) in [7, 11) is 1.98. The SMILES string of the molecule is CCNC(=NCC1CN2CCCC2CO1)N(C)Cc1cccc(F)c1.I. The minimum absolute atomic E-state index is 0. The summed E-state index contributed by atoms with van der Waals surface area (Å²) in [6.07, 6.45) is 2.70. The van der Waals surface area contributed by atoms with Gasteiger partial charge in [0, 0.05) is 32.7 Å². The molecule has 0 radical (unpaired) electrons. The topological polar surface area (TPSA) is 40.1 Å². The Morgan fingerprint density at radius 2 is 2.31 bits per heavy atom. The molecule has 7 heteroatoms. The van der Waals surface area contributed by atoms with Crippen molar-refractivity contribution in [3.05, 3.63) is 35.6 Å². The van der Waals surface area contributed by atoms with Crippen molar-refractivity contribution in [3.8, 4) is 0 Å². The average molecular weight is 476 g/mol. The second-order valence-corrected chi connectivity index (χ2v) is 6.93. The highest BCUT2D eigenvalue weighted by molar-refractivity contribution is 14.0. The minimum atomic E-state index is -0.205. The number of benzene rings is 1. The van der Waals surface area contributed by atoms with Crippen molar-refractivity contribution < 1.29 is 9.13 Å². The summed E-state index contributed by atoms with van der Waals surface area (Å²) >= 11 is 0. The van der Waals surface area contributed by atoms with Crippen molar-refractivity contribution in [3.63, 3.8) is 0 Å². The fourth-order valence-electron chi connectivity index (χ4n) is 3.64. The van der Waals surface area contributed by atoms with Crippen LogP contribution in [0.25, 0.3) is 0 Å². The Balaban J connectivity index is 0.00000243. The summed E-state index contributed by atoms with van der Waals surface area (Å²) in [5, 5.41) is 3.32. The van der Waals surface area contributed by atoms with Crippen molar-refractivity contribution in [1.82, 2.24) is 15.1 Å². The van der Waals surface area contributed by atoms with Gasteiger partial charge in [0.15, 0.2) is 5.96 Å². The predicted molar refractivity (Wildman–Crippen MR) is 114 cm³/mol. The number of morpholine rings is 1. The Labute approximate surface area is 173 Å². The van der Waals surface area contributed by atoms with Gasteiger partial charge in [-0.1, -0.05) is 12.1 Å². The van der Waals surface area contributed by atoms with Gasteiger partial charge in [-0.3, -0.25) is 9.89 Å². The van der Waals surface area contributed by atoms with E-state index in [4.69, 9.17) is 9.73 Å². The molecule has 2 saturated heterocycles. The number of rotatable bonds is 5. The lowest BCUT2D eigenvalue weighted by molar-refractivity contribution is -0.0432. The highest BCUT2D eigenvalue weighted by Gasteiger charge is 2.32. The molecule has 0 aromatic heterocycles. The molecule has 2 atom stereocenters. The van der Waals surface area contributed by atoms with Gasteiger partial charge >= 0.3 is 0 Å². The van der Waals surface area contributed by atoms with E-state index in [2.05, 4.69) is 17.1 Å². The molecule has 2 fully saturated rings. The molecule has 146 valence electrons. The number of aliphatic imine (C=N–C) groups is 1. The van der Waals surface area contributed by atoms with E-state index in [1.807, 2.05) is 18.0 Å². The van der Waals surface area contributed by atoms with Crippen molar-refractivity contribution >= 4 is 29.9 Å². The van der Waals surface area contributed by atoms with Gasteiger partial charge in [0.2, 0.25) is 0 Å². The number of halogens is 2. The molecule has 0 amide bonds. The summed E-state index contributed by atoms with van der Waals surface area (Å²) in [5.74, 6) is 0.627. The first kappa shape index (κ1) is 21.4. The monoisotopic (exact) mass is 476 g/mol. The molecule has 2 heterocycles. The summed E-state index contributed by atoms with van der Waals surface area (Å²) in [5.41, 5.74) is 0.932. The number of guanidine groups is 1. The van der Waals surface area contributed by atoms with Crippen LogP contribution in [0.2, 0.25) is 0 Å². The minimum Gasteiger partial charge on any atom is -0.373 e. The molecule has 1 N–H and O–H groups in total. The lowest BCUT2D eigenvalue weighted by atomic mass is 10.2. The van der Waals surface area contributed by atoms with Crippen LogP contribution in [-0.4, -0.2) is 67.7 Å². The molecule has 1 aromatic carbocycles. The second-order valence-electron chi connectivity index (χ2n) is 6.93. The van der Waals surface area contributed by atoms with Crippen LogP contribution in [0.4, 0.5) is 4.39 Å². The van der Waals surface area contributed by atoms with Crippen LogP contribution >= 0.6 is 24.0 Å². The number of nitrogens with one attached hydrogen (secondary N) is 1. The quantitative estimate of drug-likeness (QED) is 0.403. The Hall–Kier alpha value is -0.930. The lowest BCUT2D eigenvalue weighted by Gasteiger charge is -2.34. The van der Waals surface area contributed by atoms with E-state index < -0.39 is 0 Å². The fourth-order valence-corrected chi connectivity index (χ4v) is 3.64. The molecular formula is C19H30FIN4O. The van der Waals surface area contributed by atoms with E-state index in [1.54, 1.807) is 12.1 Å². The Morgan fingerprint density at radius 3 is 3.08 bits per heavy atom. The smallest absolute Gasteiger partial charge is 0.194 e. The highest BCUT2D eigenvalue weighted by Crippen LogP contribution is 2.22. The van der Waals surface area contributed by atoms with Crippen molar-refractivity contribution in [2.45, 2.75) is 38.5 Å². The lowest BCUT2D eigenvalue weighted by Crippen LogP contribution is -2.47. The van der Waals surface area contributed by atoms with Gasteiger partial charge < -0.3 is 15.0 Å². The van der Waals surface area contributed by atoms with Gasteiger partial charge in [-0.2, -0.15) is 0 Å². The highest BCUT2D eigenvalue weighted by atomic mass is 127. The standard InChI is InChI=1S/C19H29FN4O.HI/c1-3-21-19(23(2)12-15-6-4-7-16(20)10-15)22-11-18-13-24-9-5-8-17(24)14-25-18;/h4,6-7,10,17-18H,3,5,8-9,11-14H2,1-2H3,(H,21,22);1H. The largest absolute Gasteiger partial charge is 0.373 e. The van der Waals surface area contributed by atoms with Gasteiger partial charge in [0.25, 0.3) is 0 Å². The molecular weight excluding hydrogens is 446 g/mol. The van der Waals surface area contributed by atoms with Crippen molar-refractivity contribution in [2.75, 3.05) is 39.8 Å². The maximum atomic E-state index is 13.4. The number of fused-ring (bicyclic) bond motifs is 1. The molecule has 0 saturated carbocycles. The zero-order valence-electron chi connectivity index (χ0n) is 15.7. The van der Waals surface area contributed by atoms with Crippen LogP contribution in [0.15, 0.2) is 29.3 Å². The van der Waals surface area contributed by atoms with Crippen LogP contribution < -0.4 is 5.32 Å². The first-order valence-electron chi connectivity index (χ1n) is 9.25. The zero-order chi connectivity index (χ0) is 17.6. The van der Waals surface area contributed by atoms with Gasteiger partial charge in [-0.15, -0.1) is 24.0 Å². The number of ether oxygens (including phenoxy) is 1. The van der Waals surface area contributed by atoms with Gasteiger partial charge in [0.05, 0.1) is 19.3 Å². The molecule has 0 aliphatic carbocycles. The molecule has 2 aliphatic heterocycles. The number of nitrogens with zero attached hydrogens (tertiary/aromatic N) is 3. The Morgan fingerprint density at radius 1 is 1.46 bits per heavy atom. The van der Waals surface area contributed by atoms with Crippen LogP contribution in [0.5, 0.6) is 0 Å². The second kappa shape index (κ2) is 10.4. The normalized spacial score (nSPS) is 23.3. The van der Waals surface area contributed by atoms with Crippen LogP contribution in [0.3, 0.4) is 0 Å². The van der Waals surface area contributed by atoms with E-state index in [-0.39, 0.29) is 35.9 Å². The van der Waals surface area contributed by atoms with Gasteiger partial charge in [-0.25, -0.2) is 4.39 Å². The number of hydrogen-bond donors (Lipinski definition) is 1. The third kappa shape index (κ3) is 5.79. The molecule has 1 aromatic rings. The summed E-state index contributed by atoms with van der Waals surface area (Å²) < 4.78 is 19.4. The predicted octanol–water partition coefficient (Wildman–Crippen LogP) is 2.70. The van der Waals surface area contributed by atoms with Gasteiger partial charge in [0.1, 0.15) is 5.82 Å². The van der Waals surface area contributed by atoms with Crippen molar-refractivity contribution in [2.24, 2.45) is 4.99 Å². The van der Waals surface area contributed by atoms with E-state index in [0.29, 0.717) is 19.1 Å². The summed E-state index contributed by atoms with van der Waals surface area (Å²) in [6, 6.07) is 7.32. The van der Waals surface area contributed by atoms with Crippen LogP contribution in [-0.2, 0) is 11.3 Å². The number of hydrogen-bond acceptors (Lipinski definition) is 3.